The van der Waals surface area contributed by atoms with E-state index in [9.17, 15) is 9.18 Å². The minimum Gasteiger partial charge on any atom is -0.491 e. The first-order valence-corrected chi connectivity index (χ1v) is 11.7. The average Bonchev–Trinajstić information content (AvgIpc) is 2.87. The summed E-state index contributed by atoms with van der Waals surface area (Å²) >= 11 is 0. The Kier molecular flexibility index (Phi) is 16.9. The fraction of sp³-hybridized carbons (Fsp3) is 0.345. The number of hydrogen-bond acceptors (Lipinski definition) is 4. The molecule has 0 radical (unpaired) electrons. The highest BCUT2D eigenvalue weighted by atomic mass is 19.1. The summed E-state index contributed by atoms with van der Waals surface area (Å²) in [5.74, 6) is 0.904. The van der Waals surface area contributed by atoms with E-state index in [2.05, 4.69) is 42.9 Å². The van der Waals surface area contributed by atoms with Crippen LogP contribution >= 0.6 is 0 Å². The molecule has 0 aliphatic rings. The van der Waals surface area contributed by atoms with E-state index in [1.54, 1.807) is 32.3 Å². The maximum absolute atomic E-state index is 12.1. The number of nitrogens with one attached hydrogen (secondary N) is 1. The Morgan fingerprint density at radius 2 is 1.71 bits per heavy atom. The predicted octanol–water partition coefficient (Wildman–Crippen LogP) is 6.76. The lowest BCUT2D eigenvalue weighted by molar-refractivity contribution is -0.115. The molecule has 0 saturated heterocycles. The van der Waals surface area contributed by atoms with E-state index in [0.29, 0.717) is 18.4 Å². The fourth-order valence-electron chi connectivity index (χ4n) is 2.59. The van der Waals surface area contributed by atoms with Gasteiger partial charge in [0.2, 0.25) is 6.41 Å². The summed E-state index contributed by atoms with van der Waals surface area (Å²) in [5, 5.41) is 3.42. The molecule has 0 unspecified atom stereocenters. The van der Waals surface area contributed by atoms with Crippen molar-refractivity contribution in [3.63, 3.8) is 0 Å². The van der Waals surface area contributed by atoms with Crippen molar-refractivity contribution >= 4 is 23.1 Å². The number of allylic oxidation sites excluding steroid dienone is 1. The summed E-state index contributed by atoms with van der Waals surface area (Å²) in [6, 6.07) is 14.5. The molecule has 0 aliphatic heterocycles. The van der Waals surface area contributed by atoms with E-state index in [1.807, 2.05) is 26.0 Å². The number of hydrogen-bond donors (Lipinski definition) is 1. The van der Waals surface area contributed by atoms with E-state index in [0.717, 1.165) is 36.3 Å². The molecule has 1 heterocycles. The van der Waals surface area contributed by atoms with Gasteiger partial charge < -0.3 is 10.1 Å². The summed E-state index contributed by atoms with van der Waals surface area (Å²) in [6.07, 6.45) is 5.02. The molecule has 190 valence electrons. The molecule has 1 amide bonds. The van der Waals surface area contributed by atoms with E-state index in [4.69, 9.17) is 9.53 Å². The van der Waals surface area contributed by atoms with Gasteiger partial charge in [-0.15, -0.1) is 0 Å². The van der Waals surface area contributed by atoms with Gasteiger partial charge in [-0.05, 0) is 69.0 Å². The van der Waals surface area contributed by atoms with Crippen molar-refractivity contribution < 1.29 is 18.7 Å². The Morgan fingerprint density at radius 1 is 1.09 bits per heavy atom. The molecule has 0 saturated carbocycles. The van der Waals surface area contributed by atoms with Crippen LogP contribution in [0.25, 0.3) is 10.9 Å². The molecule has 35 heavy (non-hydrogen) atoms. The smallest absolute Gasteiger partial charge is 0.206 e. The Bertz CT molecular complexity index is 1010. The van der Waals surface area contributed by atoms with Gasteiger partial charge in [0.1, 0.15) is 17.1 Å². The van der Waals surface area contributed by atoms with Crippen molar-refractivity contribution in [3.8, 4) is 5.75 Å². The molecule has 3 rings (SSSR count). The second-order valence-electron chi connectivity index (χ2n) is 7.78. The second-order valence-corrected chi connectivity index (χ2v) is 7.78. The fourth-order valence-corrected chi connectivity index (χ4v) is 2.59. The zero-order chi connectivity index (χ0) is 26.6. The number of halogens is 1. The first-order valence-electron chi connectivity index (χ1n) is 11.7. The number of ether oxygens (including phenoxy) is 1. The topological polar surface area (TPSA) is 68.3 Å². The molecule has 1 N–H and O–H groups in total. The van der Waals surface area contributed by atoms with Crippen LogP contribution in [0.5, 0.6) is 5.75 Å². The minimum atomic E-state index is -0.171. The van der Waals surface area contributed by atoms with E-state index in [-0.39, 0.29) is 11.6 Å². The number of rotatable bonds is 7. The van der Waals surface area contributed by atoms with Gasteiger partial charge in [-0.3, -0.25) is 14.6 Å². The molecular formula is C29H39FN2O3. The molecule has 6 heteroatoms. The lowest BCUT2D eigenvalue weighted by Gasteiger charge is -2.08. The Morgan fingerprint density at radius 3 is 2.17 bits per heavy atom. The van der Waals surface area contributed by atoms with Gasteiger partial charge in [-0.2, -0.15) is 0 Å². The number of benzene rings is 2. The standard InChI is InChI=1S/C13H15NO.C7H7F.C7H12O.C2H5NO/c1-3-9-15-12-7-6-10(2)11-5-4-8-14-13(11)12;1-6-2-4-7(8)5-3-6;1-4-5-7(8)6(2)3;1-3-2-4/h4-8H,3,9H2,1-2H3;2-5H,1H3;2,4-5H2,1,3H3;2H,1H3,(H,3,4). The Hall–Kier alpha value is -3.54. The number of carbonyl (C=O) groups excluding carboxylic acids is 2. The van der Waals surface area contributed by atoms with Crippen molar-refractivity contribution in [1.82, 2.24) is 10.3 Å². The van der Waals surface area contributed by atoms with Gasteiger partial charge in [0.25, 0.3) is 0 Å². The molecular weight excluding hydrogens is 443 g/mol. The van der Waals surface area contributed by atoms with Crippen LogP contribution in [-0.2, 0) is 9.59 Å². The largest absolute Gasteiger partial charge is 0.491 e. The maximum atomic E-state index is 12.1. The van der Waals surface area contributed by atoms with Crippen LogP contribution in [-0.4, -0.2) is 30.8 Å². The van der Waals surface area contributed by atoms with Crippen LogP contribution in [0.3, 0.4) is 0 Å². The zero-order valence-electron chi connectivity index (χ0n) is 21.9. The third-order valence-corrected chi connectivity index (χ3v) is 4.49. The highest BCUT2D eigenvalue weighted by Gasteiger charge is 2.04. The van der Waals surface area contributed by atoms with Crippen LogP contribution in [0.15, 0.2) is 66.9 Å². The number of carbonyl (C=O) groups is 2. The van der Waals surface area contributed by atoms with E-state index >= 15 is 0 Å². The molecule has 0 bridgehead atoms. The zero-order valence-corrected chi connectivity index (χ0v) is 21.9. The summed E-state index contributed by atoms with van der Waals surface area (Å²) in [5.41, 5.74) is 3.96. The van der Waals surface area contributed by atoms with E-state index in [1.165, 1.54) is 23.1 Å². The highest BCUT2D eigenvalue weighted by Crippen LogP contribution is 2.26. The van der Waals surface area contributed by atoms with Gasteiger partial charge in [-0.1, -0.05) is 50.3 Å². The first kappa shape index (κ1) is 31.5. The third kappa shape index (κ3) is 13.7. The number of pyridine rings is 1. The van der Waals surface area contributed by atoms with Gasteiger partial charge in [0.05, 0.1) is 6.61 Å². The first-order chi connectivity index (χ1) is 16.7. The number of amides is 1. The summed E-state index contributed by atoms with van der Waals surface area (Å²) in [6.45, 7) is 14.1. The summed E-state index contributed by atoms with van der Waals surface area (Å²) in [7, 11) is 1.56. The van der Waals surface area contributed by atoms with Gasteiger partial charge in [0.15, 0.2) is 5.78 Å². The molecule has 3 aromatic rings. The van der Waals surface area contributed by atoms with E-state index < -0.39 is 0 Å². The number of fused-ring (bicyclic) bond motifs is 1. The summed E-state index contributed by atoms with van der Waals surface area (Å²) in [4.78, 5) is 24.1. The monoisotopic (exact) mass is 482 g/mol. The second kappa shape index (κ2) is 18.8. The lowest BCUT2D eigenvalue weighted by Crippen LogP contribution is -1.98. The van der Waals surface area contributed by atoms with Crippen molar-refractivity contribution in [1.29, 1.82) is 0 Å². The third-order valence-electron chi connectivity index (χ3n) is 4.49. The highest BCUT2D eigenvalue weighted by molar-refractivity contribution is 5.93. The van der Waals surface area contributed by atoms with Crippen molar-refractivity contribution in [2.75, 3.05) is 13.7 Å². The van der Waals surface area contributed by atoms with Crippen LogP contribution in [0, 0.1) is 19.7 Å². The maximum Gasteiger partial charge on any atom is 0.206 e. The SMILES string of the molecule is C=C(C)C(=O)CCC.CCCOc1ccc(C)c2cccnc12.CNC=O.Cc1ccc(F)cc1. The Labute approximate surface area is 209 Å². The molecule has 0 aliphatic carbocycles. The van der Waals surface area contributed by atoms with Crippen LogP contribution in [0.4, 0.5) is 4.39 Å². The minimum absolute atomic E-state index is 0.171. The number of Topliss-reactive ketones (excluding diaryl/α,β-unsaturated/α-hetero) is 1. The Balaban J connectivity index is 0.000000494. The number of aryl methyl sites for hydroxylation is 2. The van der Waals surface area contributed by atoms with Gasteiger partial charge >= 0.3 is 0 Å². The number of aromatic nitrogens is 1. The van der Waals surface area contributed by atoms with Gasteiger partial charge in [-0.25, -0.2) is 4.39 Å². The van der Waals surface area contributed by atoms with Crippen LogP contribution < -0.4 is 10.1 Å². The van der Waals surface area contributed by atoms with Crippen molar-refractivity contribution in [2.24, 2.45) is 0 Å². The summed E-state index contributed by atoms with van der Waals surface area (Å²) < 4.78 is 17.7. The van der Waals surface area contributed by atoms with Gasteiger partial charge in [0, 0.05) is 25.1 Å². The molecule has 5 nitrogen and oxygen atoms in total. The predicted molar refractivity (Wildman–Crippen MR) is 143 cm³/mol. The molecule has 0 fully saturated rings. The average molecular weight is 483 g/mol. The lowest BCUT2D eigenvalue weighted by atomic mass is 10.1. The van der Waals surface area contributed by atoms with Crippen molar-refractivity contribution in [2.45, 2.75) is 53.9 Å². The number of ketones is 1. The van der Waals surface area contributed by atoms with Crippen LogP contribution in [0.2, 0.25) is 0 Å². The van der Waals surface area contributed by atoms with Crippen LogP contribution in [0.1, 0.15) is 51.2 Å². The van der Waals surface area contributed by atoms with Crippen molar-refractivity contribution in [3.05, 3.63) is 83.8 Å². The quantitative estimate of drug-likeness (QED) is 0.298. The normalized spacial score (nSPS) is 9.23. The molecule has 2 aromatic carbocycles. The number of nitrogens with zero attached hydrogens (tertiary/aromatic N) is 1. The molecule has 0 spiro atoms. The molecule has 1 aromatic heterocycles. The molecule has 0 atom stereocenters.